The van der Waals surface area contributed by atoms with E-state index >= 15 is 0 Å². The van der Waals surface area contributed by atoms with Crippen molar-refractivity contribution in [3.8, 4) is 0 Å². The molecule has 1 aromatic carbocycles. The Morgan fingerprint density at radius 3 is 2.79 bits per heavy atom. The van der Waals surface area contributed by atoms with Crippen LogP contribution in [0.4, 0.5) is 5.69 Å². The number of hydrogen-bond donors (Lipinski definition) is 4. The highest BCUT2D eigenvalue weighted by Gasteiger charge is 2.22. The van der Waals surface area contributed by atoms with Crippen molar-refractivity contribution in [3.05, 3.63) is 29.8 Å². The maximum Gasteiger partial charge on any atom is 0.308 e. The zero-order chi connectivity index (χ0) is 14.4. The number of methoxy groups -OCH3 is 1. The number of ether oxygens (including phenoxy) is 1. The van der Waals surface area contributed by atoms with E-state index in [4.69, 9.17) is 18.0 Å². The van der Waals surface area contributed by atoms with Gasteiger partial charge in [0.05, 0.1) is 19.6 Å². The Kier molecular flexibility index (Phi) is 5.68. The van der Waals surface area contributed by atoms with Crippen LogP contribution in [0.5, 0.6) is 0 Å². The first-order valence-electron chi connectivity index (χ1n) is 5.53. The molecule has 0 amide bonds. The van der Waals surface area contributed by atoms with Crippen molar-refractivity contribution >= 4 is 29.0 Å². The molecule has 19 heavy (non-hydrogen) atoms. The standard InChI is InChI=1S/C12H16N2O4S/c1-18-10(16)6-9(15)11(17)7-3-2-4-8(5-7)14-12(13)19/h2-5,9,11,15,17H,6H2,1H3,(H3,13,14,19). The summed E-state index contributed by atoms with van der Waals surface area (Å²) in [5.74, 6) is -0.594. The minimum Gasteiger partial charge on any atom is -0.469 e. The predicted molar refractivity (Wildman–Crippen MR) is 74.4 cm³/mol. The molecule has 0 heterocycles. The van der Waals surface area contributed by atoms with Gasteiger partial charge in [-0.1, -0.05) is 12.1 Å². The van der Waals surface area contributed by atoms with Crippen molar-refractivity contribution in [2.45, 2.75) is 18.6 Å². The Hall–Kier alpha value is -1.70. The molecule has 0 aliphatic heterocycles. The van der Waals surface area contributed by atoms with Crippen LogP contribution in [0.2, 0.25) is 0 Å². The van der Waals surface area contributed by atoms with Gasteiger partial charge in [-0.25, -0.2) is 0 Å². The number of anilines is 1. The van der Waals surface area contributed by atoms with Crippen molar-refractivity contribution in [1.29, 1.82) is 0 Å². The van der Waals surface area contributed by atoms with E-state index in [1.54, 1.807) is 24.3 Å². The monoisotopic (exact) mass is 284 g/mol. The van der Waals surface area contributed by atoms with Crippen molar-refractivity contribution in [1.82, 2.24) is 0 Å². The second-order valence-corrected chi connectivity index (χ2v) is 4.35. The molecule has 0 aliphatic rings. The number of benzene rings is 1. The number of esters is 1. The number of nitrogens with one attached hydrogen (secondary N) is 1. The lowest BCUT2D eigenvalue weighted by Gasteiger charge is -2.18. The summed E-state index contributed by atoms with van der Waals surface area (Å²) in [7, 11) is 1.22. The molecule has 6 nitrogen and oxygen atoms in total. The molecule has 0 spiro atoms. The van der Waals surface area contributed by atoms with Crippen LogP contribution in [0.25, 0.3) is 0 Å². The van der Waals surface area contributed by atoms with Gasteiger partial charge >= 0.3 is 5.97 Å². The van der Waals surface area contributed by atoms with E-state index < -0.39 is 18.2 Å². The molecule has 0 bridgehead atoms. The number of aliphatic hydroxyl groups is 2. The molecule has 1 rings (SSSR count). The molecule has 0 aromatic heterocycles. The molecule has 2 unspecified atom stereocenters. The molecule has 7 heteroatoms. The number of rotatable bonds is 5. The summed E-state index contributed by atoms with van der Waals surface area (Å²) in [5.41, 5.74) is 6.38. The van der Waals surface area contributed by atoms with E-state index in [1.165, 1.54) is 7.11 Å². The van der Waals surface area contributed by atoms with Crippen LogP contribution < -0.4 is 11.1 Å². The summed E-state index contributed by atoms with van der Waals surface area (Å²) >= 11 is 4.70. The maximum atomic E-state index is 11.0. The largest absolute Gasteiger partial charge is 0.469 e. The highest BCUT2D eigenvalue weighted by atomic mass is 32.1. The molecular formula is C12H16N2O4S. The fraction of sp³-hybridized carbons (Fsp3) is 0.333. The molecule has 0 saturated heterocycles. The summed E-state index contributed by atoms with van der Waals surface area (Å²) < 4.78 is 4.43. The zero-order valence-electron chi connectivity index (χ0n) is 10.4. The minimum absolute atomic E-state index is 0.0988. The minimum atomic E-state index is -1.24. The SMILES string of the molecule is COC(=O)CC(O)C(O)c1cccc(NC(N)=S)c1. The van der Waals surface area contributed by atoms with Crippen LogP contribution in [0.1, 0.15) is 18.1 Å². The molecule has 2 atom stereocenters. The van der Waals surface area contributed by atoms with E-state index in [-0.39, 0.29) is 11.5 Å². The third-order valence-corrected chi connectivity index (χ3v) is 2.57. The van der Waals surface area contributed by atoms with Gasteiger partial charge in [0, 0.05) is 5.69 Å². The van der Waals surface area contributed by atoms with Gasteiger partial charge in [0.1, 0.15) is 6.10 Å². The lowest BCUT2D eigenvalue weighted by Crippen LogP contribution is -2.23. The maximum absolute atomic E-state index is 11.0. The molecule has 104 valence electrons. The highest BCUT2D eigenvalue weighted by molar-refractivity contribution is 7.80. The highest BCUT2D eigenvalue weighted by Crippen LogP contribution is 2.22. The van der Waals surface area contributed by atoms with Gasteiger partial charge in [0.2, 0.25) is 0 Å². The van der Waals surface area contributed by atoms with Crippen molar-refractivity contribution in [2.24, 2.45) is 5.73 Å². The Morgan fingerprint density at radius 2 is 2.21 bits per heavy atom. The summed E-state index contributed by atoms with van der Waals surface area (Å²) in [6.07, 6.45) is -2.73. The number of carbonyl (C=O) groups is 1. The molecule has 0 radical (unpaired) electrons. The average Bonchev–Trinajstić information content (AvgIpc) is 2.37. The van der Waals surface area contributed by atoms with Crippen molar-refractivity contribution in [2.75, 3.05) is 12.4 Å². The van der Waals surface area contributed by atoms with Gasteiger partial charge in [-0.05, 0) is 29.9 Å². The molecule has 0 aliphatic carbocycles. The topological polar surface area (TPSA) is 105 Å². The van der Waals surface area contributed by atoms with E-state index in [1.807, 2.05) is 0 Å². The molecule has 0 fully saturated rings. The van der Waals surface area contributed by atoms with Crippen LogP contribution >= 0.6 is 12.2 Å². The Bertz CT molecular complexity index is 467. The fourth-order valence-corrected chi connectivity index (χ4v) is 1.65. The van der Waals surface area contributed by atoms with Crippen LogP contribution in [-0.4, -0.2) is 34.5 Å². The molecule has 0 saturated carbocycles. The first-order chi connectivity index (χ1) is 8.93. The van der Waals surface area contributed by atoms with E-state index in [0.717, 1.165) is 0 Å². The van der Waals surface area contributed by atoms with Gasteiger partial charge in [-0.3, -0.25) is 4.79 Å². The second kappa shape index (κ2) is 7.03. The third kappa shape index (κ3) is 4.82. The van der Waals surface area contributed by atoms with Gasteiger partial charge in [0.15, 0.2) is 5.11 Å². The zero-order valence-corrected chi connectivity index (χ0v) is 11.2. The lowest BCUT2D eigenvalue weighted by atomic mass is 10.0. The number of thiocarbonyl (C=S) groups is 1. The van der Waals surface area contributed by atoms with Crippen LogP contribution in [0.3, 0.4) is 0 Å². The van der Waals surface area contributed by atoms with Crippen molar-refractivity contribution in [3.63, 3.8) is 0 Å². The first kappa shape index (κ1) is 15.4. The normalized spacial score (nSPS) is 13.4. The third-order valence-electron chi connectivity index (χ3n) is 2.46. The van der Waals surface area contributed by atoms with Crippen LogP contribution in [0, 0.1) is 0 Å². The number of nitrogens with two attached hydrogens (primary N) is 1. The Morgan fingerprint density at radius 1 is 1.53 bits per heavy atom. The van der Waals surface area contributed by atoms with Gasteiger partial charge in [-0.2, -0.15) is 0 Å². The smallest absolute Gasteiger partial charge is 0.308 e. The van der Waals surface area contributed by atoms with Crippen LogP contribution in [-0.2, 0) is 9.53 Å². The van der Waals surface area contributed by atoms with E-state index in [2.05, 4.69) is 10.1 Å². The van der Waals surface area contributed by atoms with Crippen molar-refractivity contribution < 1.29 is 19.7 Å². The average molecular weight is 284 g/mol. The first-order valence-corrected chi connectivity index (χ1v) is 5.94. The molecule has 5 N–H and O–H groups in total. The number of aliphatic hydroxyl groups excluding tert-OH is 2. The van der Waals surface area contributed by atoms with Gasteiger partial charge in [-0.15, -0.1) is 0 Å². The van der Waals surface area contributed by atoms with Gasteiger partial charge < -0.3 is 26.0 Å². The lowest BCUT2D eigenvalue weighted by molar-refractivity contribution is -0.144. The predicted octanol–water partition coefficient (Wildman–Crippen LogP) is 0.299. The fourth-order valence-electron chi connectivity index (χ4n) is 1.53. The molecular weight excluding hydrogens is 268 g/mol. The van der Waals surface area contributed by atoms with Gasteiger partial charge in [0.25, 0.3) is 0 Å². The number of hydrogen-bond acceptors (Lipinski definition) is 5. The summed E-state index contributed by atoms with van der Waals surface area (Å²) in [4.78, 5) is 11.0. The quantitative estimate of drug-likeness (QED) is 0.455. The summed E-state index contributed by atoms with van der Waals surface area (Å²) in [6, 6.07) is 6.59. The van der Waals surface area contributed by atoms with E-state index in [9.17, 15) is 15.0 Å². The number of carbonyl (C=O) groups excluding carboxylic acids is 1. The van der Waals surface area contributed by atoms with Crippen LogP contribution in [0.15, 0.2) is 24.3 Å². The summed E-state index contributed by atoms with van der Waals surface area (Å²) in [5, 5.41) is 22.5. The second-order valence-electron chi connectivity index (χ2n) is 3.91. The molecule has 1 aromatic rings. The Balaban J connectivity index is 2.78. The summed E-state index contributed by atoms with van der Waals surface area (Å²) in [6.45, 7) is 0. The Labute approximate surface area is 116 Å². The van der Waals surface area contributed by atoms with E-state index in [0.29, 0.717) is 11.3 Å².